The average Bonchev–Trinajstić information content (AvgIpc) is 3.22. The van der Waals surface area contributed by atoms with Crippen LogP contribution in [0, 0.1) is 11.8 Å². The summed E-state index contributed by atoms with van der Waals surface area (Å²) in [7, 11) is 0. The third-order valence-electron chi connectivity index (χ3n) is 9.11. The highest BCUT2D eigenvalue weighted by Gasteiger charge is 2.85. The number of carbonyl (C=O) groups excluding carboxylic acids is 1. The molecule has 0 amide bonds. The van der Waals surface area contributed by atoms with E-state index in [1.807, 2.05) is 44.2 Å². The quantitative estimate of drug-likeness (QED) is 0.0927. The molecule has 10 atom stereocenters. The molecule has 7 N–H and O–H groups in total. The summed E-state index contributed by atoms with van der Waals surface area (Å²) in [4.78, 5) is 50.5. The first-order chi connectivity index (χ1) is 21.5. The Labute approximate surface area is 266 Å². The Morgan fingerprint density at radius 1 is 1.02 bits per heavy atom. The molecule has 0 unspecified atom stereocenters. The van der Waals surface area contributed by atoms with Crippen molar-refractivity contribution in [1.29, 1.82) is 0 Å². The molecule has 0 aliphatic carbocycles. The highest BCUT2D eigenvalue weighted by Crippen LogP contribution is 2.56. The molecule has 1 aromatic carbocycles. The zero-order valence-corrected chi connectivity index (χ0v) is 26.1. The van der Waals surface area contributed by atoms with E-state index in [1.165, 1.54) is 0 Å². The molecular formula is C32H44O14. The number of carboxylic acid groups (broad SMARTS) is 3. The van der Waals surface area contributed by atoms with Crippen molar-refractivity contribution in [3.63, 3.8) is 0 Å². The van der Waals surface area contributed by atoms with Crippen molar-refractivity contribution in [2.75, 3.05) is 0 Å². The summed E-state index contributed by atoms with van der Waals surface area (Å²) in [6.07, 6.45) is -9.53. The van der Waals surface area contributed by atoms with E-state index in [1.54, 1.807) is 6.92 Å². The van der Waals surface area contributed by atoms with Gasteiger partial charge in [0.1, 0.15) is 6.10 Å². The van der Waals surface area contributed by atoms with Crippen LogP contribution in [0.25, 0.3) is 0 Å². The number of carboxylic acids is 3. The molecule has 0 spiro atoms. The minimum absolute atomic E-state index is 0.175. The lowest BCUT2D eigenvalue weighted by molar-refractivity contribution is -0.374. The number of benzene rings is 1. The maximum absolute atomic E-state index is 12.9. The summed E-state index contributed by atoms with van der Waals surface area (Å²) in [5, 5.41) is 74.3. The fourth-order valence-corrected chi connectivity index (χ4v) is 6.09. The molecule has 256 valence electrons. The summed E-state index contributed by atoms with van der Waals surface area (Å²) in [6, 6.07) is 9.26. The monoisotopic (exact) mass is 652 g/mol. The maximum atomic E-state index is 12.9. The highest BCUT2D eigenvalue weighted by molar-refractivity contribution is 5.98. The van der Waals surface area contributed by atoms with Crippen LogP contribution in [0.5, 0.6) is 0 Å². The lowest BCUT2D eigenvalue weighted by Crippen LogP contribution is -2.78. The van der Waals surface area contributed by atoms with Crippen molar-refractivity contribution < 1.29 is 69.1 Å². The Kier molecular flexibility index (Phi) is 11.7. The fraction of sp³-hybridized carbons (Fsp3) is 0.625. The molecule has 1 aromatic rings. The summed E-state index contributed by atoms with van der Waals surface area (Å²) in [6.45, 7) is 9.52. The van der Waals surface area contributed by atoms with Gasteiger partial charge in [-0.05, 0) is 48.7 Å². The van der Waals surface area contributed by atoms with Crippen LogP contribution in [0.15, 0.2) is 42.5 Å². The zero-order chi connectivity index (χ0) is 34.6. The molecule has 0 aromatic heterocycles. The second-order valence-electron chi connectivity index (χ2n) is 12.4. The number of ether oxygens (including phenoxy) is 3. The SMILES string of the molecule is C=C(CC[C@]12O[C@H](C(=O)O)[C@@](O)(C(=O)O)[C@](C(=O)O)(O1)[C@H](OC(=O)C[C@@H](O)CC[C@H](C)CC)[C@H]2O)[C@@H](O)[C@H](C)Cc1ccccc1. The zero-order valence-electron chi connectivity index (χ0n) is 26.1. The second-order valence-corrected chi connectivity index (χ2v) is 12.4. The van der Waals surface area contributed by atoms with Crippen molar-refractivity contribution in [3.8, 4) is 0 Å². The van der Waals surface area contributed by atoms with E-state index in [0.29, 0.717) is 12.8 Å². The van der Waals surface area contributed by atoms with Gasteiger partial charge < -0.3 is 50.0 Å². The molecule has 46 heavy (non-hydrogen) atoms. The average molecular weight is 653 g/mol. The number of hydrogen-bond donors (Lipinski definition) is 7. The van der Waals surface area contributed by atoms with E-state index in [0.717, 1.165) is 12.0 Å². The Morgan fingerprint density at radius 3 is 2.20 bits per heavy atom. The van der Waals surface area contributed by atoms with Gasteiger partial charge in [-0.25, -0.2) is 14.4 Å². The summed E-state index contributed by atoms with van der Waals surface area (Å²) in [5.74, 6) is -10.8. The van der Waals surface area contributed by atoms with E-state index in [2.05, 4.69) is 6.58 Å². The molecule has 2 heterocycles. The molecule has 14 nitrogen and oxygen atoms in total. The van der Waals surface area contributed by atoms with Crippen molar-refractivity contribution in [2.24, 2.45) is 11.8 Å². The van der Waals surface area contributed by atoms with E-state index < -0.39 is 84.2 Å². The van der Waals surface area contributed by atoms with Crippen LogP contribution in [-0.4, -0.2) is 107 Å². The van der Waals surface area contributed by atoms with E-state index in [-0.39, 0.29) is 30.3 Å². The minimum Gasteiger partial charge on any atom is -0.479 e. The van der Waals surface area contributed by atoms with Crippen LogP contribution in [0.4, 0.5) is 0 Å². The van der Waals surface area contributed by atoms with Crippen LogP contribution < -0.4 is 0 Å². The molecule has 2 saturated heterocycles. The molecular weight excluding hydrogens is 608 g/mol. The van der Waals surface area contributed by atoms with Crippen molar-refractivity contribution >= 4 is 23.9 Å². The Bertz CT molecular complexity index is 1280. The van der Waals surface area contributed by atoms with Crippen molar-refractivity contribution in [1.82, 2.24) is 0 Å². The lowest BCUT2D eigenvalue weighted by Gasteiger charge is -2.48. The van der Waals surface area contributed by atoms with Crippen LogP contribution in [-0.2, 0) is 39.8 Å². The minimum atomic E-state index is -3.91. The molecule has 2 aliphatic rings. The van der Waals surface area contributed by atoms with E-state index in [4.69, 9.17) is 14.2 Å². The van der Waals surface area contributed by atoms with E-state index >= 15 is 0 Å². The lowest BCUT2D eigenvalue weighted by atomic mass is 9.74. The third kappa shape index (κ3) is 6.97. The molecule has 0 saturated carbocycles. The van der Waals surface area contributed by atoms with Crippen LogP contribution in [0.3, 0.4) is 0 Å². The van der Waals surface area contributed by atoms with Crippen molar-refractivity contribution in [3.05, 3.63) is 48.0 Å². The Morgan fingerprint density at radius 2 is 1.65 bits per heavy atom. The Hall–Kier alpha value is -3.40. The van der Waals surface area contributed by atoms with Gasteiger partial charge in [0.05, 0.1) is 18.6 Å². The fourth-order valence-electron chi connectivity index (χ4n) is 6.09. The van der Waals surface area contributed by atoms with Gasteiger partial charge in [-0.15, -0.1) is 0 Å². The van der Waals surface area contributed by atoms with Gasteiger partial charge in [0, 0.05) is 6.42 Å². The van der Waals surface area contributed by atoms with Gasteiger partial charge in [0.25, 0.3) is 0 Å². The standard InChI is InChI=1S/C32H44O14/c1-5-17(2)11-12-21(33)16-22(34)44-25-24(36)30(14-13-18(3)23(35)19(4)15-20-9-7-6-8-10-20)45-26(27(37)38)31(43,28(39)40)32(25,46-30)29(41)42/h6-10,17,19,21,23-26,33,35-36,43H,3,5,11-16H2,1-2,4H3,(H,37,38)(H,39,40)(H,41,42)/t17-,19-,21+,23-,24-,25-,26-,30+,31-,32+/m1/s1. The summed E-state index contributed by atoms with van der Waals surface area (Å²) >= 11 is 0. The predicted molar refractivity (Wildman–Crippen MR) is 158 cm³/mol. The molecule has 3 rings (SSSR count). The number of aliphatic hydroxyl groups is 4. The molecule has 2 aliphatic heterocycles. The third-order valence-corrected chi connectivity index (χ3v) is 9.11. The largest absolute Gasteiger partial charge is 0.479 e. The van der Waals surface area contributed by atoms with Crippen LogP contribution >= 0.6 is 0 Å². The van der Waals surface area contributed by atoms with Gasteiger partial charge >= 0.3 is 23.9 Å². The predicted octanol–water partition coefficient (Wildman–Crippen LogP) is 1.26. The number of aliphatic hydroxyl groups excluding tert-OH is 3. The molecule has 0 radical (unpaired) electrons. The van der Waals surface area contributed by atoms with Crippen molar-refractivity contribution in [2.45, 2.75) is 113 Å². The first-order valence-corrected chi connectivity index (χ1v) is 15.2. The number of hydrogen-bond acceptors (Lipinski definition) is 11. The first kappa shape index (κ1) is 37.1. The number of fused-ring (bicyclic) bond motifs is 2. The maximum Gasteiger partial charge on any atom is 0.344 e. The molecule has 2 bridgehead atoms. The van der Waals surface area contributed by atoms with Crippen LogP contribution in [0.2, 0.25) is 0 Å². The number of esters is 1. The Balaban J connectivity index is 1.94. The number of rotatable bonds is 17. The van der Waals surface area contributed by atoms with Gasteiger partial charge in [0.15, 0.2) is 6.10 Å². The van der Waals surface area contributed by atoms with Gasteiger partial charge in [-0.2, -0.15) is 0 Å². The molecule has 2 fully saturated rings. The summed E-state index contributed by atoms with van der Waals surface area (Å²) < 4.78 is 16.2. The normalized spacial score (nSPS) is 31.3. The topological polar surface area (TPSA) is 238 Å². The highest BCUT2D eigenvalue weighted by atomic mass is 16.8. The van der Waals surface area contributed by atoms with Gasteiger partial charge in [-0.3, -0.25) is 4.79 Å². The van der Waals surface area contributed by atoms with E-state index in [9.17, 15) is 54.9 Å². The van der Waals surface area contributed by atoms with Gasteiger partial charge in [0.2, 0.25) is 23.1 Å². The van der Waals surface area contributed by atoms with Crippen LogP contribution in [0.1, 0.15) is 64.9 Å². The summed E-state index contributed by atoms with van der Waals surface area (Å²) in [5.41, 5.74) is -6.37. The molecule has 14 heteroatoms. The number of carbonyl (C=O) groups is 4. The second kappa shape index (κ2) is 14.6. The smallest absolute Gasteiger partial charge is 0.344 e. The first-order valence-electron chi connectivity index (χ1n) is 15.2. The van der Waals surface area contributed by atoms with Gasteiger partial charge in [-0.1, -0.05) is 64.1 Å². The number of aliphatic carboxylic acids is 3.